The number of ketones is 1. The van der Waals surface area contributed by atoms with Crippen LogP contribution in [-0.4, -0.2) is 20.9 Å². The maximum atomic E-state index is 12.2. The molecule has 0 amide bonds. The minimum absolute atomic E-state index is 0. The zero-order valence-electron chi connectivity index (χ0n) is 32.8. The van der Waals surface area contributed by atoms with Gasteiger partial charge in [0.25, 0.3) is 0 Å². The summed E-state index contributed by atoms with van der Waals surface area (Å²) in [4.78, 5) is 21.8. The van der Waals surface area contributed by atoms with Crippen LogP contribution in [0, 0.1) is 22.8 Å². The number of benzene rings is 3. The van der Waals surface area contributed by atoms with Crippen LogP contribution in [-0.2, 0) is 36.7 Å². The molecule has 0 atom stereocenters. The van der Waals surface area contributed by atoms with E-state index in [-0.39, 0.29) is 47.9 Å². The summed E-state index contributed by atoms with van der Waals surface area (Å²) in [6, 6.07) is 19.1. The summed E-state index contributed by atoms with van der Waals surface area (Å²) in [5.41, 5.74) is 5.28. The topological polar surface area (TPSA) is 63.1 Å². The number of fused-ring (bicyclic) bond motifs is 6. The molecule has 0 spiro atoms. The van der Waals surface area contributed by atoms with Crippen molar-refractivity contribution in [2.75, 3.05) is 0 Å². The Labute approximate surface area is 332 Å². The molecule has 52 heavy (non-hydrogen) atoms. The van der Waals surface area contributed by atoms with Crippen LogP contribution in [0.3, 0.4) is 0 Å². The number of allylic oxidation sites excluding steroid dienone is 2. The molecule has 6 rings (SSSR count). The Morgan fingerprint density at radius 2 is 1.54 bits per heavy atom. The molecule has 0 aliphatic carbocycles. The third kappa shape index (κ3) is 8.23. The fourth-order valence-corrected chi connectivity index (χ4v) is 9.02. The smallest absolute Gasteiger partial charge is 0.164 e. The molecular weight excluding hydrogens is 857 g/mol. The minimum atomic E-state index is -0.337. The first-order valence-corrected chi connectivity index (χ1v) is 20.3. The van der Waals surface area contributed by atoms with Crippen molar-refractivity contribution in [2.24, 2.45) is 16.7 Å². The number of carbonyl (C=O) groups excluding carboxylic acids is 1. The standard InChI is InChI=1S/C30H27N2S2.C15H28O2.Ir/c1-17(2)12-20-15-33-28-22(20)10-11-24-25(28)27-29(34-24)26(31-16-32-27)19-13-18-8-6-7-9-21(18)23(14-19)30(3,4)5;1-7-14(5,8-2)12(16)11-13(17)15(6,9-3)10-4;/h6-11,14-17H,12H2,1-5H3;11,16H,7-10H2,1-6H3;/q-1;;/b;12-11-;. The summed E-state index contributed by atoms with van der Waals surface area (Å²) in [7, 11) is 0. The van der Waals surface area contributed by atoms with Gasteiger partial charge in [0.05, 0.1) is 5.52 Å². The summed E-state index contributed by atoms with van der Waals surface area (Å²) in [6.07, 6.45) is 7.59. The van der Waals surface area contributed by atoms with Crippen molar-refractivity contribution >= 4 is 69.6 Å². The van der Waals surface area contributed by atoms with E-state index in [0.717, 1.165) is 59.0 Å². The maximum absolute atomic E-state index is 12.2. The van der Waals surface area contributed by atoms with Crippen LogP contribution in [0.5, 0.6) is 0 Å². The van der Waals surface area contributed by atoms with Crippen LogP contribution in [0.4, 0.5) is 0 Å². The van der Waals surface area contributed by atoms with Gasteiger partial charge in [-0.1, -0.05) is 111 Å². The Hall–Kier alpha value is -2.96. The first-order chi connectivity index (χ1) is 24.1. The molecule has 0 fully saturated rings. The second-order valence-electron chi connectivity index (χ2n) is 16.0. The Bertz CT molecular complexity index is 2210. The minimum Gasteiger partial charge on any atom is -0.512 e. The van der Waals surface area contributed by atoms with E-state index in [9.17, 15) is 9.90 Å². The van der Waals surface area contributed by atoms with Gasteiger partial charge in [-0.25, -0.2) is 4.98 Å². The number of aliphatic hydroxyl groups is 1. The third-order valence-corrected chi connectivity index (χ3v) is 13.3. The van der Waals surface area contributed by atoms with E-state index in [1.165, 1.54) is 42.8 Å². The second-order valence-corrected chi connectivity index (χ2v) is 17.9. The quantitative estimate of drug-likeness (QED) is 0.0845. The van der Waals surface area contributed by atoms with Crippen molar-refractivity contribution < 1.29 is 30.0 Å². The van der Waals surface area contributed by atoms with Crippen molar-refractivity contribution in [2.45, 2.75) is 114 Å². The van der Waals surface area contributed by atoms with E-state index in [1.807, 2.05) is 52.9 Å². The van der Waals surface area contributed by atoms with Crippen molar-refractivity contribution in [3.8, 4) is 11.3 Å². The third-order valence-electron chi connectivity index (χ3n) is 11.1. The van der Waals surface area contributed by atoms with Gasteiger partial charge in [-0.15, -0.1) is 51.8 Å². The zero-order valence-corrected chi connectivity index (χ0v) is 36.8. The molecular formula is C45H55IrN2O2S2-. The molecule has 0 saturated carbocycles. The number of hydrogen-bond acceptors (Lipinski definition) is 6. The number of nitrogens with zero attached hydrogens (tertiary/aromatic N) is 2. The van der Waals surface area contributed by atoms with Gasteiger partial charge >= 0.3 is 0 Å². The first kappa shape index (κ1) is 41.8. The average Bonchev–Trinajstić information content (AvgIpc) is 3.70. The number of rotatable bonds is 10. The average molecular weight is 912 g/mol. The van der Waals surface area contributed by atoms with Crippen LogP contribution in [0.1, 0.15) is 113 Å². The number of thiophene rings is 2. The van der Waals surface area contributed by atoms with Crippen LogP contribution in [0.25, 0.3) is 52.4 Å². The molecule has 0 aliphatic heterocycles. The molecule has 279 valence electrons. The first-order valence-electron chi connectivity index (χ1n) is 18.6. The Balaban J connectivity index is 0.000000289. The van der Waals surface area contributed by atoms with Gasteiger partial charge in [0.2, 0.25) is 0 Å². The monoisotopic (exact) mass is 912 g/mol. The molecule has 0 bridgehead atoms. The molecule has 0 saturated heterocycles. The summed E-state index contributed by atoms with van der Waals surface area (Å²) < 4.78 is 3.77. The SMILES string of the molecule is CC(C)Cc1csc2c1ccc1sc3c(-c4[c-]c5ccccc5c(C(C)(C)C)c4)ncnc3c12.CCC(C)(CC)C(=O)/C=C(\O)C(C)(CC)CC.[Ir]. The van der Waals surface area contributed by atoms with Crippen LogP contribution >= 0.6 is 22.7 Å². The van der Waals surface area contributed by atoms with Gasteiger partial charge in [0.15, 0.2) is 5.78 Å². The molecule has 3 aromatic carbocycles. The van der Waals surface area contributed by atoms with Gasteiger partial charge in [0.1, 0.15) is 12.1 Å². The van der Waals surface area contributed by atoms with Gasteiger partial charge in [0, 0.05) is 62.2 Å². The van der Waals surface area contributed by atoms with Crippen molar-refractivity contribution in [1.82, 2.24) is 9.97 Å². The summed E-state index contributed by atoms with van der Waals surface area (Å²) in [5.74, 6) is 0.927. The summed E-state index contributed by atoms with van der Waals surface area (Å²) in [6.45, 7) is 23.5. The van der Waals surface area contributed by atoms with E-state index in [1.54, 1.807) is 17.7 Å². The van der Waals surface area contributed by atoms with Crippen LogP contribution < -0.4 is 0 Å². The van der Waals surface area contributed by atoms with Gasteiger partial charge in [-0.3, -0.25) is 9.78 Å². The Morgan fingerprint density at radius 1 is 0.885 bits per heavy atom. The molecule has 0 aliphatic rings. The molecule has 4 nitrogen and oxygen atoms in total. The fourth-order valence-electron chi connectivity index (χ4n) is 6.65. The number of aliphatic hydroxyl groups excluding tert-OH is 1. The Morgan fingerprint density at radius 3 is 2.15 bits per heavy atom. The molecule has 1 radical (unpaired) electrons. The van der Waals surface area contributed by atoms with E-state index < -0.39 is 0 Å². The van der Waals surface area contributed by atoms with Crippen molar-refractivity contribution in [3.63, 3.8) is 0 Å². The van der Waals surface area contributed by atoms with Crippen LogP contribution in [0.15, 0.2) is 66.0 Å². The number of aromatic nitrogens is 2. The van der Waals surface area contributed by atoms with Crippen molar-refractivity contribution in [3.05, 3.63) is 83.2 Å². The van der Waals surface area contributed by atoms with Crippen LogP contribution in [0.2, 0.25) is 0 Å². The predicted octanol–water partition coefficient (Wildman–Crippen LogP) is 13.8. The normalized spacial score (nSPS) is 12.8. The fraction of sp³-hybridized carbons (Fsp3) is 0.444. The second kappa shape index (κ2) is 16.6. The molecule has 6 aromatic rings. The van der Waals surface area contributed by atoms with Crippen molar-refractivity contribution in [1.29, 1.82) is 0 Å². The molecule has 3 aromatic heterocycles. The van der Waals surface area contributed by atoms with E-state index in [2.05, 4.69) is 88.5 Å². The molecule has 7 heteroatoms. The maximum Gasteiger partial charge on any atom is 0.164 e. The molecule has 0 unspecified atom stereocenters. The summed E-state index contributed by atoms with van der Waals surface area (Å²) in [5, 5.41) is 17.5. The zero-order chi connectivity index (χ0) is 37.3. The van der Waals surface area contributed by atoms with Gasteiger partial charge in [-0.05, 0) is 65.8 Å². The van der Waals surface area contributed by atoms with Gasteiger partial charge in [-0.2, -0.15) is 0 Å². The predicted molar refractivity (Wildman–Crippen MR) is 222 cm³/mol. The largest absolute Gasteiger partial charge is 0.512 e. The van der Waals surface area contributed by atoms with E-state index in [4.69, 9.17) is 9.97 Å². The Kier molecular flexibility index (Phi) is 13.3. The molecule has 3 heterocycles. The van der Waals surface area contributed by atoms with E-state index >= 15 is 0 Å². The number of carbonyl (C=O) groups is 1. The number of hydrogen-bond donors (Lipinski definition) is 1. The molecule has 1 N–H and O–H groups in total. The van der Waals surface area contributed by atoms with E-state index in [0.29, 0.717) is 5.92 Å². The summed E-state index contributed by atoms with van der Waals surface area (Å²) >= 11 is 3.65. The van der Waals surface area contributed by atoms with Gasteiger partial charge < -0.3 is 5.11 Å².